The molecule has 4 aromatic rings. The summed E-state index contributed by atoms with van der Waals surface area (Å²) in [5.74, 6) is 0.686. The molecule has 3 heterocycles. The quantitative estimate of drug-likeness (QED) is 0.264. The highest BCUT2D eigenvalue weighted by Gasteiger charge is 2.37. The van der Waals surface area contributed by atoms with Crippen LogP contribution < -0.4 is 16.4 Å². The van der Waals surface area contributed by atoms with E-state index in [2.05, 4.69) is 9.97 Å². The lowest BCUT2D eigenvalue weighted by atomic mass is 9.97. The van der Waals surface area contributed by atoms with Crippen LogP contribution in [0.2, 0.25) is 0 Å². The van der Waals surface area contributed by atoms with Crippen molar-refractivity contribution in [2.75, 3.05) is 56.1 Å². The van der Waals surface area contributed by atoms with Crippen LogP contribution in [0.5, 0.6) is 0 Å². The van der Waals surface area contributed by atoms with Gasteiger partial charge in [-0.25, -0.2) is 23.4 Å². The van der Waals surface area contributed by atoms with Gasteiger partial charge in [0.1, 0.15) is 17.3 Å². The van der Waals surface area contributed by atoms with Gasteiger partial charge in [0, 0.05) is 49.9 Å². The molecule has 44 heavy (non-hydrogen) atoms. The number of hydrogen-bond donors (Lipinski definition) is 2. The van der Waals surface area contributed by atoms with Gasteiger partial charge in [-0.05, 0) is 55.3 Å². The zero-order chi connectivity index (χ0) is 31.8. The van der Waals surface area contributed by atoms with Gasteiger partial charge in [0.05, 0.1) is 10.5 Å². The highest BCUT2D eigenvalue weighted by Crippen LogP contribution is 2.41. The molecule has 2 aromatic carbocycles. The van der Waals surface area contributed by atoms with Gasteiger partial charge in [0.25, 0.3) is 0 Å². The zero-order valence-electron chi connectivity index (χ0n) is 24.5. The Morgan fingerprint density at radius 3 is 2.30 bits per heavy atom. The number of aryl methyl sites for hydroxylation is 1. The molecule has 1 aliphatic heterocycles. The summed E-state index contributed by atoms with van der Waals surface area (Å²) in [7, 11) is -2.23. The molecule has 0 amide bonds. The van der Waals surface area contributed by atoms with Gasteiger partial charge in [-0.15, -0.1) is 11.3 Å². The molecule has 0 bridgehead atoms. The molecule has 0 spiro atoms. The predicted octanol–water partition coefficient (Wildman–Crippen LogP) is 5.24. The lowest BCUT2D eigenvalue weighted by Crippen LogP contribution is -2.47. The molecule has 2 aromatic heterocycles. The van der Waals surface area contributed by atoms with Crippen molar-refractivity contribution in [2.24, 2.45) is 0 Å². The van der Waals surface area contributed by atoms with Gasteiger partial charge in [-0.2, -0.15) is 17.5 Å². The Morgan fingerprint density at radius 1 is 0.977 bits per heavy atom. The van der Waals surface area contributed by atoms with Crippen molar-refractivity contribution in [1.29, 1.82) is 0 Å². The largest absolute Gasteiger partial charge is 0.417 e. The summed E-state index contributed by atoms with van der Waals surface area (Å²) < 4.78 is 71.2. The molecule has 0 saturated carbocycles. The molecular formula is C29H33F3N8O2S2. The summed E-state index contributed by atoms with van der Waals surface area (Å²) in [6.07, 6.45) is -4.06. The van der Waals surface area contributed by atoms with Crippen molar-refractivity contribution in [3.8, 4) is 22.6 Å². The highest BCUT2D eigenvalue weighted by molar-refractivity contribution is 7.89. The number of sulfonamides is 1. The number of halogens is 3. The average molecular weight is 647 g/mol. The fourth-order valence-electron chi connectivity index (χ4n) is 5.05. The van der Waals surface area contributed by atoms with E-state index in [4.69, 9.17) is 16.5 Å². The van der Waals surface area contributed by atoms with E-state index < -0.39 is 21.8 Å². The number of piperazine rings is 1. The first-order chi connectivity index (χ1) is 20.8. The number of benzene rings is 2. The fraction of sp³-hybridized carbons (Fsp3) is 0.345. The molecule has 0 unspecified atom stereocenters. The molecule has 1 aliphatic rings. The Hall–Kier alpha value is -3.79. The first-order valence-electron chi connectivity index (χ1n) is 13.9. The normalized spacial score (nSPS) is 15.0. The lowest BCUT2D eigenvalue weighted by molar-refractivity contribution is -0.137. The van der Waals surface area contributed by atoms with Crippen LogP contribution in [0, 0.1) is 6.92 Å². The molecule has 4 N–H and O–H groups in total. The predicted molar refractivity (Wildman–Crippen MR) is 167 cm³/mol. The molecule has 5 rings (SSSR count). The maximum absolute atomic E-state index is 14.5. The average Bonchev–Trinajstić information content (AvgIpc) is 3.46. The molecule has 1 saturated heterocycles. The van der Waals surface area contributed by atoms with Crippen molar-refractivity contribution in [1.82, 2.24) is 24.2 Å². The van der Waals surface area contributed by atoms with E-state index in [0.717, 1.165) is 18.1 Å². The Labute approximate surface area is 258 Å². The molecular weight excluding hydrogens is 614 g/mol. The summed E-state index contributed by atoms with van der Waals surface area (Å²) in [6.45, 7) is 5.83. The minimum absolute atomic E-state index is 0.115. The van der Waals surface area contributed by atoms with Gasteiger partial charge in [-0.1, -0.05) is 25.1 Å². The number of hydrogen-bond acceptors (Lipinski definition) is 10. The minimum Gasteiger partial charge on any atom is -0.384 e. The summed E-state index contributed by atoms with van der Waals surface area (Å²) in [6, 6.07) is 9.73. The molecule has 0 atom stereocenters. The smallest absolute Gasteiger partial charge is 0.384 e. The SMILES string of the molecule is CCCN(c1nc(-c2nc(N)cc(N)n2)cs1)c1cc(-c2ccc(S(=O)(=O)N3CCN(C)CC3)cc2C(F)(F)F)ccc1C. The second kappa shape index (κ2) is 12.3. The third-order valence-electron chi connectivity index (χ3n) is 7.37. The third kappa shape index (κ3) is 6.50. The monoisotopic (exact) mass is 646 g/mol. The molecule has 15 heteroatoms. The Morgan fingerprint density at radius 2 is 1.66 bits per heavy atom. The first kappa shape index (κ1) is 31.6. The zero-order valence-corrected chi connectivity index (χ0v) is 26.1. The molecule has 10 nitrogen and oxygen atoms in total. The number of rotatable bonds is 8. The Bertz CT molecular complexity index is 1750. The number of thiazole rings is 1. The molecule has 0 radical (unpaired) electrons. The number of likely N-dealkylation sites (N-methyl/N-ethyl adjacent to an activating group) is 1. The number of aromatic nitrogens is 3. The van der Waals surface area contributed by atoms with Gasteiger partial charge in [0.2, 0.25) is 10.0 Å². The number of nitrogens with zero attached hydrogens (tertiary/aromatic N) is 6. The maximum atomic E-state index is 14.5. The first-order valence-corrected chi connectivity index (χ1v) is 16.2. The van der Waals surface area contributed by atoms with E-state index in [1.807, 2.05) is 30.7 Å². The minimum atomic E-state index is -4.79. The number of alkyl halides is 3. The summed E-state index contributed by atoms with van der Waals surface area (Å²) in [4.78, 5) is 16.7. The van der Waals surface area contributed by atoms with Gasteiger partial charge < -0.3 is 21.3 Å². The maximum Gasteiger partial charge on any atom is 0.417 e. The van der Waals surface area contributed by atoms with E-state index >= 15 is 0 Å². The van der Waals surface area contributed by atoms with Crippen LogP contribution in [0.25, 0.3) is 22.6 Å². The van der Waals surface area contributed by atoms with E-state index in [0.29, 0.717) is 41.7 Å². The topological polar surface area (TPSA) is 135 Å². The van der Waals surface area contributed by atoms with Gasteiger partial charge >= 0.3 is 6.18 Å². The van der Waals surface area contributed by atoms with Gasteiger partial charge in [0.15, 0.2) is 11.0 Å². The van der Waals surface area contributed by atoms with Crippen molar-refractivity contribution >= 4 is 43.8 Å². The Balaban J connectivity index is 1.55. The Kier molecular flexibility index (Phi) is 8.84. The number of nitrogens with two attached hydrogens (primary N) is 2. The van der Waals surface area contributed by atoms with E-state index in [-0.39, 0.29) is 41.0 Å². The molecule has 0 aliphatic carbocycles. The summed E-state index contributed by atoms with van der Waals surface area (Å²) in [5, 5.41) is 2.36. The summed E-state index contributed by atoms with van der Waals surface area (Å²) >= 11 is 1.33. The van der Waals surface area contributed by atoms with Crippen molar-refractivity contribution < 1.29 is 21.6 Å². The van der Waals surface area contributed by atoms with Crippen LogP contribution in [-0.2, 0) is 16.2 Å². The van der Waals surface area contributed by atoms with Crippen LogP contribution in [0.15, 0.2) is 52.7 Å². The van der Waals surface area contributed by atoms with Crippen molar-refractivity contribution in [3.05, 3.63) is 59.0 Å². The summed E-state index contributed by atoms with van der Waals surface area (Å²) in [5.41, 5.74) is 12.8. The number of nitrogen functional groups attached to an aromatic ring is 2. The number of anilines is 4. The van der Waals surface area contributed by atoms with Crippen LogP contribution >= 0.6 is 11.3 Å². The van der Waals surface area contributed by atoms with Crippen molar-refractivity contribution in [2.45, 2.75) is 31.3 Å². The van der Waals surface area contributed by atoms with Crippen LogP contribution in [0.1, 0.15) is 24.5 Å². The lowest BCUT2D eigenvalue weighted by Gasteiger charge is -2.31. The van der Waals surface area contributed by atoms with E-state index in [9.17, 15) is 21.6 Å². The standard InChI is InChI=1S/C29H33F3N8O2S2/c1-4-9-40(28-35-23(17-43-28)27-36-25(33)16-26(34)37-27)24-14-19(6-5-18(24)2)21-8-7-20(15-22(21)29(30,31)32)44(41,42)39-12-10-38(3)11-13-39/h5-8,14-17H,4,9-13H2,1-3H3,(H4,33,34,36,37). The van der Waals surface area contributed by atoms with Crippen LogP contribution in [-0.4, -0.2) is 72.3 Å². The van der Waals surface area contributed by atoms with E-state index in [1.54, 1.807) is 23.6 Å². The van der Waals surface area contributed by atoms with E-state index in [1.165, 1.54) is 33.8 Å². The molecule has 1 fully saturated rings. The second-order valence-electron chi connectivity index (χ2n) is 10.6. The third-order valence-corrected chi connectivity index (χ3v) is 10.1. The van der Waals surface area contributed by atoms with Crippen LogP contribution in [0.4, 0.5) is 35.6 Å². The second-order valence-corrected chi connectivity index (χ2v) is 13.4. The highest BCUT2D eigenvalue weighted by atomic mass is 32.2. The van der Waals surface area contributed by atoms with Gasteiger partial charge in [-0.3, -0.25) is 0 Å². The molecule has 234 valence electrons. The fourth-order valence-corrected chi connectivity index (χ4v) is 7.34. The van der Waals surface area contributed by atoms with Crippen molar-refractivity contribution in [3.63, 3.8) is 0 Å². The van der Waals surface area contributed by atoms with Crippen LogP contribution in [0.3, 0.4) is 0 Å².